The third-order valence-electron chi connectivity index (χ3n) is 4.37. The van der Waals surface area contributed by atoms with Crippen molar-refractivity contribution in [3.05, 3.63) is 41.0 Å². The molecule has 1 heterocycles. The second-order valence-electron chi connectivity index (χ2n) is 6.84. The minimum Gasteiger partial charge on any atom is -0.368 e. The van der Waals surface area contributed by atoms with Crippen LogP contribution in [0.1, 0.15) is 51.2 Å². The Kier molecular flexibility index (Phi) is 3.29. The van der Waals surface area contributed by atoms with Crippen molar-refractivity contribution < 1.29 is 9.53 Å². The van der Waals surface area contributed by atoms with E-state index >= 15 is 0 Å². The van der Waals surface area contributed by atoms with Gasteiger partial charge in [-0.1, -0.05) is 50.6 Å². The highest BCUT2D eigenvalue weighted by atomic mass is 16.5. The van der Waals surface area contributed by atoms with Gasteiger partial charge in [-0.2, -0.15) is 0 Å². The molecular formula is C18H22O2. The zero-order valence-electron chi connectivity index (χ0n) is 12.5. The summed E-state index contributed by atoms with van der Waals surface area (Å²) in [6, 6.07) is 8.45. The molecule has 2 nitrogen and oxygen atoms in total. The molecule has 2 aliphatic rings. The lowest BCUT2D eigenvalue weighted by Crippen LogP contribution is -2.25. The molecule has 0 amide bonds. The number of hydrogen-bond acceptors (Lipinski definition) is 2. The van der Waals surface area contributed by atoms with Gasteiger partial charge in [-0.05, 0) is 28.5 Å². The van der Waals surface area contributed by atoms with Crippen molar-refractivity contribution in [1.82, 2.24) is 0 Å². The Hall–Kier alpha value is -1.41. The Bertz CT molecular complexity index is 575. The number of rotatable bonds is 0. The molecule has 1 aliphatic heterocycles. The van der Waals surface area contributed by atoms with Gasteiger partial charge in [0.1, 0.15) is 5.78 Å². The van der Waals surface area contributed by atoms with Crippen LogP contribution >= 0.6 is 0 Å². The molecule has 1 aromatic rings. The van der Waals surface area contributed by atoms with Crippen molar-refractivity contribution in [3.63, 3.8) is 0 Å². The maximum absolute atomic E-state index is 12.0. The normalized spacial score (nSPS) is 23.1. The van der Waals surface area contributed by atoms with E-state index in [1.54, 1.807) is 0 Å². The van der Waals surface area contributed by atoms with E-state index in [0.717, 1.165) is 6.42 Å². The minimum absolute atomic E-state index is 0.0471. The van der Waals surface area contributed by atoms with Gasteiger partial charge in [0, 0.05) is 12.8 Å². The number of hydrogen-bond donors (Lipinski definition) is 0. The highest BCUT2D eigenvalue weighted by molar-refractivity contribution is 5.87. The van der Waals surface area contributed by atoms with Crippen molar-refractivity contribution >= 4 is 11.4 Å². The number of ketones is 1. The first kappa shape index (κ1) is 13.6. The van der Waals surface area contributed by atoms with Crippen molar-refractivity contribution in [1.29, 1.82) is 0 Å². The molecule has 0 spiro atoms. The Balaban J connectivity index is 2.21. The molecule has 20 heavy (non-hydrogen) atoms. The van der Waals surface area contributed by atoms with Gasteiger partial charge >= 0.3 is 0 Å². The van der Waals surface area contributed by atoms with Gasteiger partial charge in [0.25, 0.3) is 0 Å². The molecule has 0 fully saturated rings. The van der Waals surface area contributed by atoms with Crippen molar-refractivity contribution in [2.24, 2.45) is 5.41 Å². The molecule has 0 N–H and O–H groups in total. The number of carbonyl (C=O) groups is 1. The Morgan fingerprint density at radius 3 is 2.65 bits per heavy atom. The highest BCUT2D eigenvalue weighted by Gasteiger charge is 2.34. The van der Waals surface area contributed by atoms with Crippen molar-refractivity contribution in [2.45, 2.75) is 52.7 Å². The summed E-state index contributed by atoms with van der Waals surface area (Å²) in [5.74, 6) is 0.325. The van der Waals surface area contributed by atoms with Crippen LogP contribution in [0.4, 0.5) is 0 Å². The van der Waals surface area contributed by atoms with Gasteiger partial charge in [-0.15, -0.1) is 0 Å². The molecule has 0 saturated carbocycles. The molecule has 3 rings (SSSR count). The fourth-order valence-electron chi connectivity index (χ4n) is 3.36. The fourth-order valence-corrected chi connectivity index (χ4v) is 3.36. The number of benzene rings is 1. The number of ether oxygens (including phenoxy) is 1. The van der Waals surface area contributed by atoms with Gasteiger partial charge in [0.2, 0.25) is 0 Å². The zero-order valence-corrected chi connectivity index (χ0v) is 12.5. The predicted molar refractivity (Wildman–Crippen MR) is 80.3 cm³/mol. The molecule has 1 aliphatic carbocycles. The summed E-state index contributed by atoms with van der Waals surface area (Å²) in [7, 11) is 0. The van der Waals surface area contributed by atoms with E-state index in [4.69, 9.17) is 4.74 Å². The van der Waals surface area contributed by atoms with Gasteiger partial charge in [0.05, 0.1) is 12.7 Å². The summed E-state index contributed by atoms with van der Waals surface area (Å²) in [5, 5.41) is 0. The van der Waals surface area contributed by atoms with Crippen LogP contribution in [0.15, 0.2) is 29.8 Å². The molecule has 2 heteroatoms. The summed E-state index contributed by atoms with van der Waals surface area (Å²) in [6.45, 7) is 7.33. The summed E-state index contributed by atoms with van der Waals surface area (Å²) in [6.07, 6.45) is 2.00. The molecule has 1 aromatic carbocycles. The summed E-state index contributed by atoms with van der Waals surface area (Å²) < 4.78 is 6.01. The van der Waals surface area contributed by atoms with Crippen molar-refractivity contribution in [2.75, 3.05) is 0 Å². The van der Waals surface area contributed by atoms with Gasteiger partial charge < -0.3 is 4.74 Å². The van der Waals surface area contributed by atoms with E-state index in [1.807, 2.05) is 0 Å². The maximum atomic E-state index is 12.0. The Morgan fingerprint density at radius 1 is 1.15 bits per heavy atom. The molecule has 106 valence electrons. The molecule has 1 atom stereocenters. The van der Waals surface area contributed by atoms with Crippen LogP contribution in [0.25, 0.3) is 5.57 Å². The molecule has 0 aromatic heterocycles. The van der Waals surface area contributed by atoms with E-state index in [0.29, 0.717) is 25.2 Å². The van der Waals surface area contributed by atoms with Gasteiger partial charge in [-0.25, -0.2) is 0 Å². The van der Waals surface area contributed by atoms with Crippen LogP contribution in [0.5, 0.6) is 0 Å². The van der Waals surface area contributed by atoms with Gasteiger partial charge in [0.15, 0.2) is 0 Å². The second kappa shape index (κ2) is 4.85. The summed E-state index contributed by atoms with van der Waals surface area (Å²) in [5.41, 5.74) is 5.29. The van der Waals surface area contributed by atoms with Crippen LogP contribution in [0.3, 0.4) is 0 Å². The predicted octanol–water partition coefficient (Wildman–Crippen LogP) is 4.14. The number of carbonyl (C=O) groups excluding carboxylic acids is 1. The van der Waals surface area contributed by atoms with Crippen LogP contribution in [0, 0.1) is 5.41 Å². The largest absolute Gasteiger partial charge is 0.368 e. The lowest BCUT2D eigenvalue weighted by Gasteiger charge is -2.33. The minimum atomic E-state index is -0.0471. The van der Waals surface area contributed by atoms with Gasteiger partial charge in [-0.3, -0.25) is 4.79 Å². The third kappa shape index (κ3) is 2.33. The van der Waals surface area contributed by atoms with E-state index in [-0.39, 0.29) is 11.5 Å². The standard InChI is InChI=1S/C18H22O2/c1-18(2,3)15-9-8-13(19)10-16-17(15)14-7-5-4-6-12(14)11-20-16/h4-7,16H,8-11H2,1-3H3. The lowest BCUT2D eigenvalue weighted by atomic mass is 9.77. The molecule has 0 saturated heterocycles. The fraction of sp³-hybridized carbons (Fsp3) is 0.500. The second-order valence-corrected chi connectivity index (χ2v) is 6.84. The average Bonchev–Trinajstić information content (AvgIpc) is 2.56. The number of Topliss-reactive ketones (excluding diaryl/α,β-unsaturated/α-hetero) is 1. The topological polar surface area (TPSA) is 26.3 Å². The smallest absolute Gasteiger partial charge is 0.136 e. The van der Waals surface area contributed by atoms with Crippen LogP contribution in [0.2, 0.25) is 0 Å². The summed E-state index contributed by atoms with van der Waals surface area (Å²) in [4.78, 5) is 12.0. The van der Waals surface area contributed by atoms with E-state index < -0.39 is 0 Å². The van der Waals surface area contributed by atoms with E-state index in [2.05, 4.69) is 45.0 Å². The molecule has 0 radical (unpaired) electrons. The third-order valence-corrected chi connectivity index (χ3v) is 4.37. The monoisotopic (exact) mass is 270 g/mol. The first-order chi connectivity index (χ1) is 9.47. The zero-order chi connectivity index (χ0) is 14.3. The number of fused-ring (bicyclic) bond motifs is 3. The maximum Gasteiger partial charge on any atom is 0.136 e. The Labute approximate surface area is 120 Å². The van der Waals surface area contributed by atoms with E-state index in [1.165, 1.54) is 22.3 Å². The first-order valence-corrected chi connectivity index (χ1v) is 7.42. The van der Waals surface area contributed by atoms with Crippen LogP contribution < -0.4 is 0 Å². The van der Waals surface area contributed by atoms with Crippen molar-refractivity contribution in [3.8, 4) is 0 Å². The molecular weight excluding hydrogens is 248 g/mol. The average molecular weight is 270 g/mol. The quantitative estimate of drug-likeness (QED) is 0.708. The molecule has 1 unspecified atom stereocenters. The lowest BCUT2D eigenvalue weighted by molar-refractivity contribution is -0.121. The Morgan fingerprint density at radius 2 is 1.90 bits per heavy atom. The summed E-state index contributed by atoms with van der Waals surface area (Å²) >= 11 is 0. The highest BCUT2D eigenvalue weighted by Crippen LogP contribution is 2.44. The first-order valence-electron chi connectivity index (χ1n) is 7.42. The van der Waals surface area contributed by atoms with Crippen LogP contribution in [-0.4, -0.2) is 11.9 Å². The number of allylic oxidation sites excluding steroid dienone is 1. The SMILES string of the molecule is CC(C)(C)C1=C2c3ccccc3COC2CC(=O)CC1. The molecule has 0 bridgehead atoms. The van der Waals surface area contributed by atoms with Crippen LogP contribution in [-0.2, 0) is 16.1 Å². The van der Waals surface area contributed by atoms with E-state index in [9.17, 15) is 4.79 Å².